The molecule has 1 aliphatic rings. The van der Waals surface area contributed by atoms with E-state index in [4.69, 9.17) is 17.0 Å². The minimum atomic E-state index is -0.502. The van der Waals surface area contributed by atoms with E-state index >= 15 is 0 Å². The number of nitrogens with one attached hydrogen (secondary N) is 2. The molecule has 1 saturated heterocycles. The predicted molar refractivity (Wildman–Crippen MR) is 124 cm³/mol. The molecule has 0 radical (unpaired) electrons. The van der Waals surface area contributed by atoms with Crippen molar-refractivity contribution in [2.45, 2.75) is 13.3 Å². The summed E-state index contributed by atoms with van der Waals surface area (Å²) in [7, 11) is 1.46. The van der Waals surface area contributed by atoms with Gasteiger partial charge in [0.05, 0.1) is 17.6 Å². The molecule has 3 amide bonds. The number of para-hydroxylation sites is 1. The lowest BCUT2D eigenvalue weighted by Crippen LogP contribution is -2.43. The smallest absolute Gasteiger partial charge is 0.273 e. The Labute approximate surface area is 189 Å². The minimum Gasteiger partial charge on any atom is -0.496 e. The SMILES string of the molecule is COc1ccccc1C(=O)NNC(=O)CCN1C(=O)C(=Cc2ccc(C)cc2)SC1=S. The molecule has 0 unspecified atom stereocenters. The van der Waals surface area contributed by atoms with Crippen molar-refractivity contribution >= 4 is 52.1 Å². The number of amides is 3. The molecule has 2 N–H and O–H groups in total. The third-order valence-electron chi connectivity index (χ3n) is 4.48. The maximum absolute atomic E-state index is 12.7. The Morgan fingerprint density at radius 1 is 1.13 bits per heavy atom. The second-order valence-electron chi connectivity index (χ2n) is 6.70. The molecule has 3 rings (SSSR count). The Morgan fingerprint density at radius 2 is 1.84 bits per heavy atom. The number of thioether (sulfide) groups is 1. The molecule has 0 bridgehead atoms. The Kier molecular flexibility index (Phi) is 7.43. The van der Waals surface area contributed by atoms with Gasteiger partial charge in [0.2, 0.25) is 5.91 Å². The number of aryl methyl sites for hydroxylation is 1. The number of benzene rings is 2. The van der Waals surface area contributed by atoms with Crippen LogP contribution in [-0.2, 0) is 9.59 Å². The summed E-state index contributed by atoms with van der Waals surface area (Å²) >= 11 is 6.50. The average molecular weight is 456 g/mol. The lowest BCUT2D eigenvalue weighted by Gasteiger charge is -2.14. The van der Waals surface area contributed by atoms with Crippen LogP contribution in [0.2, 0.25) is 0 Å². The summed E-state index contributed by atoms with van der Waals surface area (Å²) in [6.45, 7) is 2.11. The van der Waals surface area contributed by atoms with Crippen molar-refractivity contribution in [3.63, 3.8) is 0 Å². The number of nitrogens with zero attached hydrogens (tertiary/aromatic N) is 1. The maximum Gasteiger partial charge on any atom is 0.273 e. The molecule has 2 aromatic rings. The van der Waals surface area contributed by atoms with Gasteiger partial charge in [0.1, 0.15) is 10.1 Å². The van der Waals surface area contributed by atoms with Crippen LogP contribution in [0.3, 0.4) is 0 Å². The number of hydrazine groups is 1. The van der Waals surface area contributed by atoms with Gasteiger partial charge in [-0.1, -0.05) is 65.9 Å². The van der Waals surface area contributed by atoms with Crippen molar-refractivity contribution in [1.82, 2.24) is 15.8 Å². The fourth-order valence-electron chi connectivity index (χ4n) is 2.81. The zero-order valence-corrected chi connectivity index (χ0v) is 18.6. The maximum atomic E-state index is 12.7. The molecular formula is C22H21N3O4S2. The topological polar surface area (TPSA) is 87.7 Å². The third kappa shape index (κ3) is 5.71. The molecule has 0 aliphatic carbocycles. The van der Waals surface area contributed by atoms with E-state index < -0.39 is 11.8 Å². The molecule has 0 spiro atoms. The van der Waals surface area contributed by atoms with Gasteiger partial charge in [-0.15, -0.1) is 0 Å². The van der Waals surface area contributed by atoms with Crippen LogP contribution in [0.5, 0.6) is 5.75 Å². The molecule has 9 heteroatoms. The van der Waals surface area contributed by atoms with Crippen LogP contribution in [0.15, 0.2) is 53.4 Å². The number of methoxy groups -OCH3 is 1. The minimum absolute atomic E-state index is 0.0174. The first-order valence-corrected chi connectivity index (χ1v) is 10.7. The molecule has 1 fully saturated rings. The number of rotatable bonds is 6. The van der Waals surface area contributed by atoms with Crippen molar-refractivity contribution in [1.29, 1.82) is 0 Å². The molecule has 31 heavy (non-hydrogen) atoms. The monoisotopic (exact) mass is 455 g/mol. The van der Waals surface area contributed by atoms with Crippen LogP contribution >= 0.6 is 24.0 Å². The van der Waals surface area contributed by atoms with E-state index in [1.807, 2.05) is 31.2 Å². The van der Waals surface area contributed by atoms with Crippen LogP contribution in [0.25, 0.3) is 6.08 Å². The largest absolute Gasteiger partial charge is 0.496 e. The average Bonchev–Trinajstić information content (AvgIpc) is 3.04. The van der Waals surface area contributed by atoms with Gasteiger partial charge in [0.15, 0.2) is 0 Å². The van der Waals surface area contributed by atoms with Gasteiger partial charge in [-0.25, -0.2) is 0 Å². The normalized spacial score (nSPS) is 14.6. The fourth-order valence-corrected chi connectivity index (χ4v) is 4.12. The molecule has 2 aromatic carbocycles. The van der Waals surface area contributed by atoms with Crippen molar-refractivity contribution in [2.24, 2.45) is 0 Å². The molecule has 0 saturated carbocycles. The van der Waals surface area contributed by atoms with E-state index in [-0.39, 0.29) is 18.9 Å². The first-order valence-electron chi connectivity index (χ1n) is 9.43. The Hall–Kier alpha value is -3.17. The van der Waals surface area contributed by atoms with Gasteiger partial charge in [0.25, 0.3) is 11.8 Å². The summed E-state index contributed by atoms with van der Waals surface area (Å²) < 4.78 is 5.53. The quantitative estimate of drug-likeness (QED) is 0.396. The summed E-state index contributed by atoms with van der Waals surface area (Å²) in [6.07, 6.45) is 1.77. The van der Waals surface area contributed by atoms with Gasteiger partial charge in [-0.3, -0.25) is 30.1 Å². The molecule has 0 aromatic heterocycles. The van der Waals surface area contributed by atoms with Crippen molar-refractivity contribution < 1.29 is 19.1 Å². The second kappa shape index (κ2) is 10.2. The third-order valence-corrected chi connectivity index (χ3v) is 5.86. The first kappa shape index (κ1) is 22.5. The van der Waals surface area contributed by atoms with Crippen LogP contribution in [-0.4, -0.2) is 40.6 Å². The van der Waals surface area contributed by atoms with E-state index in [2.05, 4.69) is 10.9 Å². The van der Waals surface area contributed by atoms with Crippen LogP contribution in [0.1, 0.15) is 27.9 Å². The lowest BCUT2D eigenvalue weighted by molar-refractivity contribution is -0.124. The summed E-state index contributed by atoms with van der Waals surface area (Å²) in [4.78, 5) is 38.9. The van der Waals surface area contributed by atoms with Gasteiger partial charge < -0.3 is 4.74 Å². The van der Waals surface area contributed by atoms with Crippen molar-refractivity contribution in [3.05, 3.63) is 70.1 Å². The highest BCUT2D eigenvalue weighted by atomic mass is 32.2. The number of hydrogen-bond acceptors (Lipinski definition) is 6. The zero-order chi connectivity index (χ0) is 22.4. The van der Waals surface area contributed by atoms with E-state index in [1.54, 1.807) is 30.3 Å². The molecule has 7 nitrogen and oxygen atoms in total. The van der Waals surface area contributed by atoms with Crippen LogP contribution in [0.4, 0.5) is 0 Å². The van der Waals surface area contributed by atoms with E-state index in [0.717, 1.165) is 11.1 Å². The van der Waals surface area contributed by atoms with Crippen LogP contribution in [0, 0.1) is 6.92 Å². The van der Waals surface area contributed by atoms with Crippen molar-refractivity contribution in [2.75, 3.05) is 13.7 Å². The summed E-state index contributed by atoms with van der Waals surface area (Å²) in [5, 5.41) is 0. The van der Waals surface area contributed by atoms with Gasteiger partial charge in [0, 0.05) is 13.0 Å². The zero-order valence-electron chi connectivity index (χ0n) is 17.0. The molecular weight excluding hydrogens is 434 g/mol. The van der Waals surface area contributed by atoms with E-state index in [1.165, 1.54) is 23.8 Å². The highest BCUT2D eigenvalue weighted by Gasteiger charge is 2.32. The number of thiocarbonyl (C=S) groups is 1. The highest BCUT2D eigenvalue weighted by Crippen LogP contribution is 2.32. The standard InChI is InChI=1S/C22H21N3O4S2/c1-14-7-9-15(10-8-14)13-18-21(28)25(22(30)31-18)12-11-19(26)23-24-20(27)16-5-3-4-6-17(16)29-2/h3-10,13H,11-12H2,1-2H3,(H,23,26)(H,24,27). The molecule has 1 heterocycles. The molecule has 1 aliphatic heterocycles. The van der Waals surface area contributed by atoms with E-state index in [0.29, 0.717) is 20.5 Å². The molecule has 0 atom stereocenters. The fraction of sp³-hybridized carbons (Fsp3) is 0.182. The molecule has 160 valence electrons. The Balaban J connectivity index is 1.53. The number of ether oxygens (including phenoxy) is 1. The number of carbonyl (C=O) groups excluding carboxylic acids is 3. The van der Waals surface area contributed by atoms with Gasteiger partial charge in [-0.05, 0) is 30.7 Å². The predicted octanol–water partition coefficient (Wildman–Crippen LogP) is 3.06. The first-order chi connectivity index (χ1) is 14.9. The number of hydrogen-bond donors (Lipinski definition) is 2. The van der Waals surface area contributed by atoms with Gasteiger partial charge >= 0.3 is 0 Å². The Bertz CT molecular complexity index is 1050. The highest BCUT2D eigenvalue weighted by molar-refractivity contribution is 8.26. The summed E-state index contributed by atoms with van der Waals surface area (Å²) in [6, 6.07) is 14.5. The van der Waals surface area contributed by atoms with Crippen LogP contribution < -0.4 is 15.6 Å². The summed E-state index contributed by atoms with van der Waals surface area (Å²) in [5.74, 6) is -0.786. The number of carbonyl (C=O) groups is 3. The Morgan fingerprint density at radius 3 is 2.55 bits per heavy atom. The van der Waals surface area contributed by atoms with Gasteiger partial charge in [-0.2, -0.15) is 0 Å². The van der Waals surface area contributed by atoms with E-state index in [9.17, 15) is 14.4 Å². The second-order valence-corrected chi connectivity index (χ2v) is 8.37. The van der Waals surface area contributed by atoms with Crippen molar-refractivity contribution in [3.8, 4) is 5.75 Å². The lowest BCUT2D eigenvalue weighted by atomic mass is 10.1. The summed E-state index contributed by atoms with van der Waals surface area (Å²) in [5.41, 5.74) is 7.02.